The van der Waals surface area contributed by atoms with Crippen LogP contribution in [-0.2, 0) is 4.79 Å². The lowest BCUT2D eigenvalue weighted by Crippen LogP contribution is -2.35. The number of aromatic nitrogens is 2. The molecular formula is C14H16N4O2S. The molecule has 0 radical (unpaired) electrons. The summed E-state index contributed by atoms with van der Waals surface area (Å²) in [6.45, 7) is 4.20. The number of hydrogen-bond donors (Lipinski definition) is 1. The van der Waals surface area contributed by atoms with Crippen molar-refractivity contribution >= 4 is 33.9 Å². The fourth-order valence-electron chi connectivity index (χ4n) is 1.99. The maximum absolute atomic E-state index is 11.7. The van der Waals surface area contributed by atoms with Gasteiger partial charge in [0.25, 0.3) is 5.91 Å². The third kappa shape index (κ3) is 2.69. The van der Waals surface area contributed by atoms with Crippen molar-refractivity contribution in [3.8, 4) is 5.75 Å². The Labute approximate surface area is 126 Å². The summed E-state index contributed by atoms with van der Waals surface area (Å²) in [5.41, 5.74) is 1.61. The smallest absolute Gasteiger partial charge is 0.264 e. The van der Waals surface area contributed by atoms with Crippen molar-refractivity contribution in [2.24, 2.45) is 0 Å². The van der Waals surface area contributed by atoms with E-state index in [4.69, 9.17) is 4.74 Å². The lowest BCUT2D eigenvalue weighted by Gasteiger charge is -2.26. The normalized spacial score (nSPS) is 14.1. The van der Waals surface area contributed by atoms with Gasteiger partial charge in [0.15, 0.2) is 6.61 Å². The van der Waals surface area contributed by atoms with Crippen LogP contribution < -0.4 is 15.0 Å². The molecule has 1 aliphatic rings. The van der Waals surface area contributed by atoms with Gasteiger partial charge in [0.1, 0.15) is 11.6 Å². The molecule has 3 rings (SSSR count). The van der Waals surface area contributed by atoms with Crippen molar-refractivity contribution in [1.29, 1.82) is 0 Å². The third-order valence-corrected chi connectivity index (χ3v) is 3.90. The van der Waals surface area contributed by atoms with Crippen molar-refractivity contribution in [1.82, 2.24) is 9.36 Å². The first-order chi connectivity index (χ1) is 10.0. The van der Waals surface area contributed by atoms with Crippen LogP contribution in [0.2, 0.25) is 0 Å². The summed E-state index contributed by atoms with van der Waals surface area (Å²) in [6.07, 6.45) is 0. The molecule has 1 aromatic carbocycles. The van der Waals surface area contributed by atoms with Gasteiger partial charge in [0.05, 0.1) is 5.69 Å². The zero-order chi connectivity index (χ0) is 15.0. The van der Waals surface area contributed by atoms with Gasteiger partial charge >= 0.3 is 0 Å². The Hall–Kier alpha value is -2.15. The fraction of sp³-hybridized carbons (Fsp3) is 0.357. The number of ether oxygens (including phenoxy) is 1. The highest BCUT2D eigenvalue weighted by Crippen LogP contribution is 2.34. The van der Waals surface area contributed by atoms with Crippen LogP contribution >= 0.6 is 11.5 Å². The molecule has 21 heavy (non-hydrogen) atoms. The van der Waals surface area contributed by atoms with Gasteiger partial charge in [-0.15, -0.1) is 0 Å². The summed E-state index contributed by atoms with van der Waals surface area (Å²) in [6, 6.07) is 5.63. The fourth-order valence-corrected chi connectivity index (χ4v) is 2.72. The molecule has 0 saturated heterocycles. The number of carbonyl (C=O) groups excluding carboxylic acids is 1. The molecule has 6 nitrogen and oxygen atoms in total. The van der Waals surface area contributed by atoms with Gasteiger partial charge in [-0.2, -0.15) is 4.37 Å². The summed E-state index contributed by atoms with van der Waals surface area (Å²) in [5.74, 6) is 1.79. The van der Waals surface area contributed by atoms with Gasteiger partial charge in [-0.05, 0) is 18.2 Å². The molecule has 0 unspecified atom stereocenters. The average Bonchev–Trinajstić information content (AvgIpc) is 2.92. The number of amides is 1. The number of rotatable bonds is 3. The standard InChI is InChI=1S/C14H16N4O2S/c1-8(2)13-16-14(21-17-13)15-9-4-5-11-10(6-9)18(3)12(19)7-20-11/h4-6,8H,7H2,1-3H3,(H,15,16,17). The molecule has 1 N–H and O–H groups in total. The minimum Gasteiger partial charge on any atom is -0.482 e. The largest absolute Gasteiger partial charge is 0.482 e. The van der Waals surface area contributed by atoms with Crippen LogP contribution in [0.5, 0.6) is 5.75 Å². The van der Waals surface area contributed by atoms with E-state index in [1.54, 1.807) is 11.9 Å². The summed E-state index contributed by atoms with van der Waals surface area (Å²) in [5, 5.41) is 3.96. The van der Waals surface area contributed by atoms with E-state index in [2.05, 4.69) is 28.5 Å². The molecule has 0 fully saturated rings. The van der Waals surface area contributed by atoms with Gasteiger partial charge in [-0.3, -0.25) is 4.79 Å². The molecule has 0 aliphatic carbocycles. The maximum Gasteiger partial charge on any atom is 0.264 e. The van der Waals surface area contributed by atoms with E-state index in [9.17, 15) is 4.79 Å². The second-order valence-corrected chi connectivity index (χ2v) is 5.91. The van der Waals surface area contributed by atoms with E-state index in [1.165, 1.54) is 11.5 Å². The Bertz CT molecular complexity index is 683. The molecule has 2 heterocycles. The zero-order valence-corrected chi connectivity index (χ0v) is 12.9. The highest BCUT2D eigenvalue weighted by Gasteiger charge is 2.22. The molecule has 0 bridgehead atoms. The van der Waals surface area contributed by atoms with Gasteiger partial charge in [0.2, 0.25) is 5.13 Å². The highest BCUT2D eigenvalue weighted by atomic mass is 32.1. The van der Waals surface area contributed by atoms with Crippen molar-refractivity contribution < 1.29 is 9.53 Å². The van der Waals surface area contributed by atoms with E-state index in [0.717, 1.165) is 22.3 Å². The molecule has 0 atom stereocenters. The second-order valence-electron chi connectivity index (χ2n) is 5.16. The van der Waals surface area contributed by atoms with Gasteiger partial charge in [-0.1, -0.05) is 13.8 Å². The van der Waals surface area contributed by atoms with Gasteiger partial charge in [0, 0.05) is 30.2 Å². The van der Waals surface area contributed by atoms with Crippen LogP contribution in [0.4, 0.5) is 16.5 Å². The number of nitrogens with one attached hydrogen (secondary N) is 1. The lowest BCUT2D eigenvalue weighted by atomic mass is 10.2. The van der Waals surface area contributed by atoms with Crippen LogP contribution in [-0.4, -0.2) is 28.9 Å². The Morgan fingerprint density at radius 2 is 2.24 bits per heavy atom. The number of nitrogens with zero attached hydrogens (tertiary/aromatic N) is 3. The zero-order valence-electron chi connectivity index (χ0n) is 12.1. The molecular weight excluding hydrogens is 288 g/mol. The summed E-state index contributed by atoms with van der Waals surface area (Å²) in [4.78, 5) is 17.7. The van der Waals surface area contributed by atoms with Crippen LogP contribution in [0.25, 0.3) is 0 Å². The number of likely N-dealkylation sites (N-methyl/N-ethyl adjacent to an activating group) is 1. The van der Waals surface area contributed by atoms with Crippen molar-refractivity contribution in [2.75, 3.05) is 23.9 Å². The predicted octanol–water partition coefficient (Wildman–Crippen LogP) is 2.76. The van der Waals surface area contributed by atoms with Gasteiger partial charge < -0.3 is 15.0 Å². The number of benzene rings is 1. The topological polar surface area (TPSA) is 67.4 Å². The Kier molecular flexibility index (Phi) is 3.50. The van der Waals surface area contributed by atoms with E-state index < -0.39 is 0 Å². The SMILES string of the molecule is CC(C)c1nsc(Nc2ccc3c(c2)N(C)C(=O)CO3)n1. The molecule has 7 heteroatoms. The molecule has 0 spiro atoms. The molecule has 110 valence electrons. The van der Waals surface area contributed by atoms with Crippen LogP contribution in [0.1, 0.15) is 25.6 Å². The van der Waals surface area contributed by atoms with E-state index in [-0.39, 0.29) is 12.5 Å². The van der Waals surface area contributed by atoms with Crippen LogP contribution in [0.3, 0.4) is 0 Å². The molecule has 1 aliphatic heterocycles. The summed E-state index contributed by atoms with van der Waals surface area (Å²) in [7, 11) is 1.75. The minimum absolute atomic E-state index is 0.0577. The quantitative estimate of drug-likeness (QED) is 0.944. The van der Waals surface area contributed by atoms with E-state index >= 15 is 0 Å². The van der Waals surface area contributed by atoms with Crippen molar-refractivity contribution in [3.05, 3.63) is 24.0 Å². The van der Waals surface area contributed by atoms with Crippen LogP contribution in [0, 0.1) is 0 Å². The summed E-state index contributed by atoms with van der Waals surface area (Å²) >= 11 is 1.33. The number of hydrogen-bond acceptors (Lipinski definition) is 6. The number of anilines is 3. The van der Waals surface area contributed by atoms with E-state index in [1.807, 2.05) is 18.2 Å². The van der Waals surface area contributed by atoms with Crippen molar-refractivity contribution in [3.63, 3.8) is 0 Å². The van der Waals surface area contributed by atoms with Gasteiger partial charge in [-0.25, -0.2) is 4.98 Å². The minimum atomic E-state index is -0.0577. The third-order valence-electron chi connectivity index (χ3n) is 3.25. The first kappa shape index (κ1) is 13.8. The monoisotopic (exact) mass is 304 g/mol. The number of carbonyl (C=O) groups is 1. The maximum atomic E-state index is 11.7. The predicted molar refractivity (Wildman–Crippen MR) is 82.6 cm³/mol. The number of fused-ring (bicyclic) bond motifs is 1. The Morgan fingerprint density at radius 3 is 2.95 bits per heavy atom. The Balaban J connectivity index is 1.84. The molecule has 0 saturated carbocycles. The average molecular weight is 304 g/mol. The first-order valence-corrected chi connectivity index (χ1v) is 7.46. The van der Waals surface area contributed by atoms with E-state index in [0.29, 0.717) is 11.7 Å². The molecule has 1 aromatic heterocycles. The summed E-state index contributed by atoms with van der Waals surface area (Å²) < 4.78 is 9.71. The van der Waals surface area contributed by atoms with Crippen molar-refractivity contribution in [2.45, 2.75) is 19.8 Å². The Morgan fingerprint density at radius 1 is 1.43 bits per heavy atom. The van der Waals surface area contributed by atoms with Crippen LogP contribution in [0.15, 0.2) is 18.2 Å². The lowest BCUT2D eigenvalue weighted by molar-refractivity contribution is -0.120. The second kappa shape index (κ2) is 5.33. The highest BCUT2D eigenvalue weighted by molar-refractivity contribution is 7.09. The molecule has 1 amide bonds. The molecule has 2 aromatic rings. The first-order valence-electron chi connectivity index (χ1n) is 6.68.